The van der Waals surface area contributed by atoms with Crippen LogP contribution >= 0.6 is 0 Å². The van der Waals surface area contributed by atoms with Crippen LogP contribution in [0, 0.1) is 0 Å². The van der Waals surface area contributed by atoms with Crippen LogP contribution in [0.5, 0.6) is 0 Å². The van der Waals surface area contributed by atoms with Crippen molar-refractivity contribution in [2.75, 3.05) is 0 Å². The van der Waals surface area contributed by atoms with Gasteiger partial charge in [-0.3, -0.25) is 4.98 Å². The standard InChI is InChI=1S/C15H15N3O/c1-18-13-7-3-2-6-12(13)17-15(18)9-14(19)11-5-4-8-16-10-11/h2-8,10,14,19H,9H2,1H3. The minimum atomic E-state index is -0.579. The predicted molar refractivity (Wildman–Crippen MR) is 73.6 cm³/mol. The Bertz CT molecular complexity index is 691. The first-order valence-corrected chi connectivity index (χ1v) is 6.24. The first-order chi connectivity index (χ1) is 9.25. The molecule has 0 amide bonds. The predicted octanol–water partition coefficient (Wildman–Crippen LogP) is 2.24. The minimum Gasteiger partial charge on any atom is -0.388 e. The van der Waals surface area contributed by atoms with Gasteiger partial charge in [-0.25, -0.2) is 4.98 Å². The van der Waals surface area contributed by atoms with Crippen molar-refractivity contribution in [3.63, 3.8) is 0 Å². The fraction of sp³-hybridized carbons (Fsp3) is 0.200. The number of nitrogens with zero attached hydrogens (tertiary/aromatic N) is 3. The van der Waals surface area contributed by atoms with Crippen LogP contribution in [0.25, 0.3) is 11.0 Å². The molecule has 4 nitrogen and oxygen atoms in total. The molecule has 1 N–H and O–H groups in total. The Kier molecular flexibility index (Phi) is 3.01. The number of benzene rings is 1. The van der Waals surface area contributed by atoms with Crippen LogP contribution in [0.3, 0.4) is 0 Å². The fourth-order valence-electron chi connectivity index (χ4n) is 2.24. The van der Waals surface area contributed by atoms with Crippen molar-refractivity contribution in [3.05, 3.63) is 60.2 Å². The van der Waals surface area contributed by atoms with Gasteiger partial charge in [0.15, 0.2) is 0 Å². The number of hydrogen-bond donors (Lipinski definition) is 1. The molecule has 96 valence electrons. The van der Waals surface area contributed by atoms with Gasteiger partial charge in [-0.15, -0.1) is 0 Å². The highest BCUT2D eigenvalue weighted by Crippen LogP contribution is 2.20. The first kappa shape index (κ1) is 11.9. The number of pyridine rings is 1. The molecular formula is C15H15N3O. The van der Waals surface area contributed by atoms with E-state index in [-0.39, 0.29) is 0 Å². The van der Waals surface area contributed by atoms with Crippen LogP contribution < -0.4 is 0 Å². The summed E-state index contributed by atoms with van der Waals surface area (Å²) in [6, 6.07) is 11.7. The smallest absolute Gasteiger partial charge is 0.112 e. The molecule has 0 bridgehead atoms. The lowest BCUT2D eigenvalue weighted by Crippen LogP contribution is -2.07. The first-order valence-electron chi connectivity index (χ1n) is 6.24. The summed E-state index contributed by atoms with van der Waals surface area (Å²) in [6.07, 6.45) is 3.29. The largest absolute Gasteiger partial charge is 0.388 e. The molecule has 2 heterocycles. The normalized spacial score (nSPS) is 12.7. The van der Waals surface area contributed by atoms with E-state index in [2.05, 4.69) is 9.97 Å². The van der Waals surface area contributed by atoms with Crippen molar-refractivity contribution in [2.45, 2.75) is 12.5 Å². The zero-order valence-corrected chi connectivity index (χ0v) is 10.7. The number of imidazole rings is 1. The van der Waals surface area contributed by atoms with Crippen molar-refractivity contribution in [1.82, 2.24) is 14.5 Å². The molecule has 19 heavy (non-hydrogen) atoms. The van der Waals surface area contributed by atoms with Gasteiger partial charge in [0, 0.05) is 25.9 Å². The number of fused-ring (bicyclic) bond motifs is 1. The SMILES string of the molecule is Cn1c(CC(O)c2cccnc2)nc2ccccc21. The second-order valence-corrected chi connectivity index (χ2v) is 4.58. The second kappa shape index (κ2) is 4.82. The summed E-state index contributed by atoms with van der Waals surface area (Å²) in [6.45, 7) is 0. The molecule has 0 fully saturated rings. The van der Waals surface area contributed by atoms with E-state index < -0.39 is 6.10 Å². The van der Waals surface area contributed by atoms with Crippen LogP contribution in [0.2, 0.25) is 0 Å². The van der Waals surface area contributed by atoms with E-state index in [1.807, 2.05) is 48.0 Å². The lowest BCUT2D eigenvalue weighted by Gasteiger charge is -2.10. The molecule has 3 aromatic rings. The van der Waals surface area contributed by atoms with Crippen LogP contribution in [0.1, 0.15) is 17.5 Å². The quantitative estimate of drug-likeness (QED) is 0.779. The molecule has 0 spiro atoms. The van der Waals surface area contributed by atoms with Crippen molar-refractivity contribution >= 4 is 11.0 Å². The molecule has 0 saturated heterocycles. The lowest BCUT2D eigenvalue weighted by molar-refractivity contribution is 0.174. The molecule has 1 unspecified atom stereocenters. The van der Waals surface area contributed by atoms with E-state index in [0.29, 0.717) is 6.42 Å². The summed E-state index contributed by atoms with van der Waals surface area (Å²) in [5.41, 5.74) is 2.85. The van der Waals surface area contributed by atoms with Crippen molar-refractivity contribution in [3.8, 4) is 0 Å². The van der Waals surface area contributed by atoms with Gasteiger partial charge in [0.2, 0.25) is 0 Å². The fourth-order valence-corrected chi connectivity index (χ4v) is 2.24. The number of hydrogen-bond acceptors (Lipinski definition) is 3. The lowest BCUT2D eigenvalue weighted by atomic mass is 10.1. The Hall–Kier alpha value is -2.20. The topological polar surface area (TPSA) is 50.9 Å². The maximum absolute atomic E-state index is 10.2. The molecule has 2 aromatic heterocycles. The van der Waals surface area contributed by atoms with Gasteiger partial charge in [-0.05, 0) is 23.8 Å². The van der Waals surface area contributed by atoms with E-state index >= 15 is 0 Å². The van der Waals surface area contributed by atoms with Gasteiger partial charge in [-0.1, -0.05) is 18.2 Å². The number of aromatic nitrogens is 3. The summed E-state index contributed by atoms with van der Waals surface area (Å²) >= 11 is 0. The maximum Gasteiger partial charge on any atom is 0.112 e. The Morgan fingerprint density at radius 1 is 1.21 bits per heavy atom. The summed E-state index contributed by atoms with van der Waals surface area (Å²) in [7, 11) is 1.97. The van der Waals surface area contributed by atoms with Crippen molar-refractivity contribution in [1.29, 1.82) is 0 Å². The van der Waals surface area contributed by atoms with E-state index in [9.17, 15) is 5.11 Å². The third-order valence-electron chi connectivity index (χ3n) is 3.32. The zero-order valence-electron chi connectivity index (χ0n) is 10.7. The van der Waals surface area contributed by atoms with Crippen LogP contribution in [-0.4, -0.2) is 19.6 Å². The summed E-state index contributed by atoms with van der Waals surface area (Å²) in [5, 5.41) is 10.2. The van der Waals surface area contributed by atoms with Gasteiger partial charge >= 0.3 is 0 Å². The molecule has 0 aliphatic heterocycles. The van der Waals surface area contributed by atoms with E-state index in [1.54, 1.807) is 12.4 Å². The number of rotatable bonds is 3. The molecule has 4 heteroatoms. The second-order valence-electron chi connectivity index (χ2n) is 4.58. The Morgan fingerprint density at radius 3 is 2.79 bits per heavy atom. The Labute approximate surface area is 111 Å². The number of para-hydroxylation sites is 2. The Balaban J connectivity index is 1.91. The molecule has 3 rings (SSSR count). The third-order valence-corrected chi connectivity index (χ3v) is 3.32. The van der Waals surface area contributed by atoms with Gasteiger partial charge in [-0.2, -0.15) is 0 Å². The molecule has 1 aromatic carbocycles. The van der Waals surface area contributed by atoms with Crippen LogP contribution in [0.4, 0.5) is 0 Å². The highest BCUT2D eigenvalue weighted by atomic mass is 16.3. The van der Waals surface area contributed by atoms with Crippen LogP contribution in [-0.2, 0) is 13.5 Å². The average Bonchev–Trinajstić information content (AvgIpc) is 2.77. The highest BCUT2D eigenvalue weighted by Gasteiger charge is 2.13. The van der Waals surface area contributed by atoms with Gasteiger partial charge in [0.1, 0.15) is 5.82 Å². The minimum absolute atomic E-state index is 0.483. The number of aryl methyl sites for hydroxylation is 1. The van der Waals surface area contributed by atoms with Crippen molar-refractivity contribution in [2.24, 2.45) is 7.05 Å². The molecular weight excluding hydrogens is 238 g/mol. The molecule has 0 aliphatic rings. The summed E-state index contributed by atoms with van der Waals surface area (Å²) in [4.78, 5) is 8.59. The zero-order chi connectivity index (χ0) is 13.2. The van der Waals surface area contributed by atoms with E-state index in [1.165, 1.54) is 0 Å². The molecule has 0 saturated carbocycles. The van der Waals surface area contributed by atoms with Gasteiger partial charge < -0.3 is 9.67 Å². The monoisotopic (exact) mass is 253 g/mol. The van der Waals surface area contributed by atoms with Crippen molar-refractivity contribution < 1.29 is 5.11 Å². The Morgan fingerprint density at radius 2 is 2.05 bits per heavy atom. The highest BCUT2D eigenvalue weighted by molar-refractivity contribution is 5.75. The molecule has 0 radical (unpaired) electrons. The molecule has 1 atom stereocenters. The number of aliphatic hydroxyl groups is 1. The van der Waals surface area contributed by atoms with E-state index in [4.69, 9.17) is 0 Å². The molecule has 0 aliphatic carbocycles. The third kappa shape index (κ3) is 2.22. The van der Waals surface area contributed by atoms with Gasteiger partial charge in [0.05, 0.1) is 17.1 Å². The summed E-state index contributed by atoms with van der Waals surface area (Å²) < 4.78 is 2.02. The van der Waals surface area contributed by atoms with E-state index in [0.717, 1.165) is 22.4 Å². The maximum atomic E-state index is 10.2. The van der Waals surface area contributed by atoms with Crippen LogP contribution in [0.15, 0.2) is 48.8 Å². The van der Waals surface area contributed by atoms with Gasteiger partial charge in [0.25, 0.3) is 0 Å². The summed E-state index contributed by atoms with van der Waals surface area (Å²) in [5.74, 6) is 0.873. The number of aliphatic hydroxyl groups excluding tert-OH is 1. The average molecular weight is 253 g/mol.